The molecule has 2 heterocycles. The number of aromatic nitrogens is 2. The Morgan fingerprint density at radius 3 is 2.71 bits per heavy atom. The van der Waals surface area contributed by atoms with Gasteiger partial charge in [-0.1, -0.05) is 12.1 Å². The minimum Gasteiger partial charge on any atom is -0.485 e. The van der Waals surface area contributed by atoms with Crippen LogP contribution in [0.3, 0.4) is 0 Å². The summed E-state index contributed by atoms with van der Waals surface area (Å²) in [5.41, 5.74) is 1.58. The van der Waals surface area contributed by atoms with Gasteiger partial charge in [0.05, 0.1) is 5.69 Å². The first-order valence-electron chi connectivity index (χ1n) is 9.46. The van der Waals surface area contributed by atoms with Crippen molar-refractivity contribution >= 4 is 17.5 Å². The average molecular weight is 391 g/mol. The van der Waals surface area contributed by atoms with Gasteiger partial charge in [-0.05, 0) is 25.0 Å². The first-order chi connectivity index (χ1) is 13.6. The number of carbonyl (C=O) groups is 1. The van der Waals surface area contributed by atoms with E-state index in [1.807, 2.05) is 0 Å². The van der Waals surface area contributed by atoms with Crippen LogP contribution in [0.15, 0.2) is 30.3 Å². The lowest BCUT2D eigenvalue weighted by Gasteiger charge is -2.34. The predicted octanol–water partition coefficient (Wildman–Crippen LogP) is 3.29. The first-order valence-corrected chi connectivity index (χ1v) is 9.46. The highest BCUT2D eigenvalue weighted by atomic mass is 19.3. The minimum atomic E-state index is -2.57. The molecule has 0 spiro atoms. The van der Waals surface area contributed by atoms with Gasteiger partial charge in [0.25, 0.3) is 6.43 Å². The topological polar surface area (TPSA) is 73.5 Å². The fraction of sp³-hybridized carbons (Fsp3) is 0.474. The maximum Gasteiger partial charge on any atom is 0.322 e. The van der Waals surface area contributed by atoms with Crippen molar-refractivity contribution in [3.05, 3.63) is 36.0 Å². The van der Waals surface area contributed by atoms with Gasteiger partial charge in [0, 0.05) is 43.9 Å². The zero-order valence-corrected chi connectivity index (χ0v) is 15.4. The standard InChI is InChI=1S/C19H23F2N5O2/c20-17(21)12-28-16-4-2-1-3-14(16)22-19(27)26-9-7-25(8-10-26)18-11-15(23-24-18)13-5-6-13/h1-4,11,13,17H,5-10,12H2,(H,22,27)(H,23,24). The van der Waals surface area contributed by atoms with E-state index in [1.165, 1.54) is 18.5 Å². The molecule has 0 radical (unpaired) electrons. The molecule has 2 amide bonds. The number of nitrogens with one attached hydrogen (secondary N) is 2. The van der Waals surface area contributed by atoms with Crippen LogP contribution in [0.5, 0.6) is 5.75 Å². The van der Waals surface area contributed by atoms with Gasteiger partial charge in [-0.3, -0.25) is 5.10 Å². The zero-order chi connectivity index (χ0) is 19.5. The van der Waals surface area contributed by atoms with Gasteiger partial charge in [0.2, 0.25) is 0 Å². The van der Waals surface area contributed by atoms with Crippen LogP contribution in [0.4, 0.5) is 25.1 Å². The third-order valence-corrected chi connectivity index (χ3v) is 4.99. The summed E-state index contributed by atoms with van der Waals surface area (Å²) in [6.45, 7) is 1.77. The summed E-state index contributed by atoms with van der Waals surface area (Å²) >= 11 is 0. The molecular formula is C19H23F2N5O2. The second kappa shape index (κ2) is 8.04. The molecule has 7 nitrogen and oxygen atoms in total. The van der Waals surface area contributed by atoms with E-state index in [9.17, 15) is 13.6 Å². The third kappa shape index (κ3) is 4.35. The summed E-state index contributed by atoms with van der Waals surface area (Å²) in [5.74, 6) is 1.78. The van der Waals surface area contributed by atoms with E-state index in [0.29, 0.717) is 37.8 Å². The smallest absolute Gasteiger partial charge is 0.322 e. The quantitative estimate of drug-likeness (QED) is 0.793. The summed E-state index contributed by atoms with van der Waals surface area (Å²) in [4.78, 5) is 16.4. The van der Waals surface area contributed by atoms with Gasteiger partial charge in [-0.25, -0.2) is 13.6 Å². The van der Waals surface area contributed by atoms with Crippen LogP contribution in [0, 0.1) is 0 Å². The van der Waals surface area contributed by atoms with Crippen LogP contribution >= 0.6 is 0 Å². The SMILES string of the molecule is O=C(Nc1ccccc1OCC(F)F)N1CCN(c2cc(C3CC3)[nH]n2)CC1. The number of hydrogen-bond acceptors (Lipinski definition) is 4. The Morgan fingerprint density at radius 1 is 1.25 bits per heavy atom. The Hall–Kier alpha value is -2.84. The maximum atomic E-state index is 12.6. The first kappa shape index (κ1) is 18.5. The van der Waals surface area contributed by atoms with E-state index in [-0.39, 0.29) is 11.8 Å². The fourth-order valence-corrected chi connectivity index (χ4v) is 3.27. The number of aromatic amines is 1. The van der Waals surface area contributed by atoms with Gasteiger partial charge in [0.15, 0.2) is 5.82 Å². The number of halogens is 2. The van der Waals surface area contributed by atoms with Crippen LogP contribution < -0.4 is 15.0 Å². The number of urea groups is 1. The molecule has 2 aromatic rings. The van der Waals surface area contributed by atoms with Crippen molar-refractivity contribution in [2.24, 2.45) is 0 Å². The summed E-state index contributed by atoms with van der Waals surface area (Å²) in [6.07, 6.45) is -0.129. The number of amides is 2. The van der Waals surface area contributed by atoms with Crippen LogP contribution in [-0.2, 0) is 0 Å². The van der Waals surface area contributed by atoms with E-state index in [0.717, 1.165) is 5.82 Å². The van der Waals surface area contributed by atoms with Crippen LogP contribution in [0.25, 0.3) is 0 Å². The maximum absolute atomic E-state index is 12.6. The van der Waals surface area contributed by atoms with Gasteiger partial charge in [-0.15, -0.1) is 0 Å². The van der Waals surface area contributed by atoms with E-state index < -0.39 is 13.0 Å². The highest BCUT2D eigenvalue weighted by Crippen LogP contribution is 2.39. The molecule has 4 rings (SSSR count). The van der Waals surface area contributed by atoms with E-state index in [2.05, 4.69) is 26.5 Å². The van der Waals surface area contributed by atoms with Gasteiger partial charge >= 0.3 is 6.03 Å². The highest BCUT2D eigenvalue weighted by Gasteiger charge is 2.28. The molecule has 1 aromatic heterocycles. The largest absolute Gasteiger partial charge is 0.485 e. The number of benzene rings is 1. The van der Waals surface area contributed by atoms with Crippen molar-refractivity contribution in [2.75, 3.05) is 43.0 Å². The number of hydrogen-bond donors (Lipinski definition) is 2. The lowest BCUT2D eigenvalue weighted by molar-refractivity contribution is 0.0822. The number of ether oxygens (including phenoxy) is 1. The normalized spacial score (nSPS) is 17.1. The Morgan fingerprint density at radius 2 is 2.00 bits per heavy atom. The molecule has 2 fully saturated rings. The lowest BCUT2D eigenvalue weighted by atomic mass is 10.2. The molecule has 1 saturated heterocycles. The fourth-order valence-electron chi connectivity index (χ4n) is 3.27. The number of alkyl halides is 2. The summed E-state index contributed by atoms with van der Waals surface area (Å²) in [7, 11) is 0. The second-order valence-electron chi connectivity index (χ2n) is 7.06. The molecule has 9 heteroatoms. The molecule has 0 bridgehead atoms. The number of anilines is 2. The molecule has 2 N–H and O–H groups in total. The molecule has 1 aliphatic heterocycles. The van der Waals surface area contributed by atoms with Crippen LogP contribution in [0.2, 0.25) is 0 Å². The van der Waals surface area contributed by atoms with Crippen molar-refractivity contribution < 1.29 is 18.3 Å². The predicted molar refractivity (Wildman–Crippen MR) is 101 cm³/mol. The number of rotatable bonds is 6. The molecule has 28 heavy (non-hydrogen) atoms. The Balaban J connectivity index is 1.31. The van der Waals surface area contributed by atoms with E-state index >= 15 is 0 Å². The Labute approximate surface area is 161 Å². The van der Waals surface area contributed by atoms with Crippen molar-refractivity contribution in [3.8, 4) is 5.75 Å². The van der Waals surface area contributed by atoms with Crippen molar-refractivity contribution in [2.45, 2.75) is 25.2 Å². The molecule has 1 aliphatic carbocycles. The number of para-hydroxylation sites is 2. The van der Waals surface area contributed by atoms with E-state index in [4.69, 9.17) is 4.74 Å². The van der Waals surface area contributed by atoms with Gasteiger partial charge < -0.3 is 19.9 Å². The molecule has 2 aliphatic rings. The molecule has 0 atom stereocenters. The summed E-state index contributed by atoms with van der Waals surface area (Å²) in [5, 5.41) is 10.3. The second-order valence-corrected chi connectivity index (χ2v) is 7.06. The Bertz CT molecular complexity index is 816. The Kier molecular flexibility index (Phi) is 5.31. The lowest BCUT2D eigenvalue weighted by Crippen LogP contribution is -2.50. The third-order valence-electron chi connectivity index (χ3n) is 4.99. The van der Waals surface area contributed by atoms with Crippen LogP contribution in [-0.4, -0.2) is 60.3 Å². The van der Waals surface area contributed by atoms with Gasteiger partial charge in [-0.2, -0.15) is 5.10 Å². The highest BCUT2D eigenvalue weighted by molar-refractivity contribution is 5.91. The van der Waals surface area contributed by atoms with Crippen molar-refractivity contribution in [3.63, 3.8) is 0 Å². The van der Waals surface area contributed by atoms with Crippen LogP contribution in [0.1, 0.15) is 24.5 Å². The average Bonchev–Trinajstić information content (AvgIpc) is 3.44. The number of piperazine rings is 1. The number of H-pyrrole nitrogens is 1. The summed E-state index contributed by atoms with van der Waals surface area (Å²) in [6, 6.07) is 8.42. The van der Waals surface area contributed by atoms with Crippen molar-refractivity contribution in [1.29, 1.82) is 0 Å². The van der Waals surface area contributed by atoms with Crippen molar-refractivity contribution in [1.82, 2.24) is 15.1 Å². The summed E-state index contributed by atoms with van der Waals surface area (Å²) < 4.78 is 29.9. The van der Waals surface area contributed by atoms with E-state index in [1.54, 1.807) is 29.2 Å². The molecular weight excluding hydrogens is 368 g/mol. The number of carbonyl (C=O) groups excluding carboxylic acids is 1. The van der Waals surface area contributed by atoms with Gasteiger partial charge in [0.1, 0.15) is 12.4 Å². The number of nitrogens with zero attached hydrogens (tertiary/aromatic N) is 3. The molecule has 150 valence electrons. The molecule has 0 unspecified atom stereocenters. The zero-order valence-electron chi connectivity index (χ0n) is 15.4. The monoisotopic (exact) mass is 391 g/mol. The molecule has 1 saturated carbocycles. The molecule has 1 aromatic carbocycles. The minimum absolute atomic E-state index is 0.235.